The topological polar surface area (TPSA) is 120 Å². The third kappa shape index (κ3) is 4.96. The Kier molecular flexibility index (Phi) is 7.97. The largest absolute Gasteiger partial charge is 0.507 e. The van der Waals surface area contributed by atoms with Gasteiger partial charge in [0.1, 0.15) is 23.0 Å². The van der Waals surface area contributed by atoms with E-state index < -0.39 is 17.7 Å². The van der Waals surface area contributed by atoms with Crippen molar-refractivity contribution in [3.05, 3.63) is 83.1 Å². The molecule has 0 bridgehead atoms. The number of rotatable bonds is 10. The molecule has 0 saturated carbocycles. The van der Waals surface area contributed by atoms with Gasteiger partial charge in [0, 0.05) is 34.8 Å². The van der Waals surface area contributed by atoms with Crippen molar-refractivity contribution in [2.75, 3.05) is 42.1 Å². The van der Waals surface area contributed by atoms with Gasteiger partial charge in [-0.25, -0.2) is 0 Å². The Morgan fingerprint density at radius 1 is 0.810 bits per heavy atom. The summed E-state index contributed by atoms with van der Waals surface area (Å²) in [5.74, 6) is 0.580. The molecule has 1 saturated heterocycles. The minimum absolute atomic E-state index is 0.0700. The van der Waals surface area contributed by atoms with Crippen LogP contribution in [-0.4, -0.2) is 68.8 Å². The van der Waals surface area contributed by atoms with Crippen molar-refractivity contribution in [2.45, 2.75) is 12.5 Å². The molecule has 0 spiro atoms. The van der Waals surface area contributed by atoms with Gasteiger partial charge >= 0.3 is 0 Å². The molecule has 5 rings (SSSR count). The first-order chi connectivity index (χ1) is 20.3. The fourth-order valence-corrected chi connectivity index (χ4v) is 5.36. The fraction of sp³-hybridized carbons (Fsp3) is 0.250. The highest BCUT2D eigenvalue weighted by molar-refractivity contribution is 6.46. The zero-order valence-electron chi connectivity index (χ0n) is 24.0. The lowest BCUT2D eigenvalue weighted by Gasteiger charge is -2.27. The highest BCUT2D eigenvalue weighted by Gasteiger charge is 2.47. The van der Waals surface area contributed by atoms with Gasteiger partial charge < -0.3 is 38.7 Å². The van der Waals surface area contributed by atoms with Gasteiger partial charge in [-0.15, -0.1) is 0 Å². The smallest absolute Gasteiger partial charge is 0.295 e. The van der Waals surface area contributed by atoms with Gasteiger partial charge in [-0.1, -0.05) is 0 Å². The Morgan fingerprint density at radius 3 is 2.17 bits per heavy atom. The lowest BCUT2D eigenvalue weighted by atomic mass is 9.94. The molecule has 218 valence electrons. The Morgan fingerprint density at radius 2 is 1.48 bits per heavy atom. The number of nitrogens with zero attached hydrogens (tertiary/aromatic N) is 1. The van der Waals surface area contributed by atoms with Crippen molar-refractivity contribution in [1.82, 2.24) is 9.88 Å². The van der Waals surface area contributed by atoms with Gasteiger partial charge in [0.25, 0.3) is 11.7 Å². The molecule has 1 amide bonds. The van der Waals surface area contributed by atoms with Crippen LogP contribution in [0.4, 0.5) is 0 Å². The zero-order valence-corrected chi connectivity index (χ0v) is 24.0. The average Bonchev–Trinajstić information content (AvgIpc) is 3.55. The number of carbonyl (C=O) groups is 2. The lowest BCUT2D eigenvalue weighted by molar-refractivity contribution is -0.139. The molecule has 4 aromatic rings. The molecule has 1 aromatic heterocycles. The van der Waals surface area contributed by atoms with E-state index in [1.54, 1.807) is 43.5 Å². The number of benzene rings is 3. The second-order valence-corrected chi connectivity index (χ2v) is 9.65. The van der Waals surface area contributed by atoms with Crippen molar-refractivity contribution >= 4 is 28.4 Å². The predicted molar refractivity (Wildman–Crippen MR) is 157 cm³/mol. The maximum absolute atomic E-state index is 13.6. The molecular weight excluding hydrogens is 540 g/mol. The summed E-state index contributed by atoms with van der Waals surface area (Å²) in [7, 11) is 7.61. The van der Waals surface area contributed by atoms with E-state index in [0.717, 1.165) is 16.5 Å². The van der Waals surface area contributed by atoms with Crippen molar-refractivity contribution < 1.29 is 38.4 Å². The van der Waals surface area contributed by atoms with Crippen molar-refractivity contribution in [3.8, 4) is 28.7 Å². The van der Waals surface area contributed by atoms with Gasteiger partial charge in [0.15, 0.2) is 11.5 Å². The minimum Gasteiger partial charge on any atom is -0.507 e. The van der Waals surface area contributed by atoms with Crippen LogP contribution in [0.3, 0.4) is 0 Å². The van der Waals surface area contributed by atoms with Crippen LogP contribution in [0.25, 0.3) is 16.7 Å². The number of H-pyrrole nitrogens is 1. The lowest BCUT2D eigenvalue weighted by Crippen LogP contribution is -2.31. The van der Waals surface area contributed by atoms with Crippen LogP contribution < -0.4 is 23.7 Å². The predicted octanol–water partition coefficient (Wildman–Crippen LogP) is 4.88. The fourth-order valence-electron chi connectivity index (χ4n) is 5.36. The summed E-state index contributed by atoms with van der Waals surface area (Å²) in [6.07, 6.45) is 2.31. The third-order valence-corrected chi connectivity index (χ3v) is 7.53. The summed E-state index contributed by atoms with van der Waals surface area (Å²) in [6.45, 7) is 0.183. The Balaban J connectivity index is 1.63. The summed E-state index contributed by atoms with van der Waals surface area (Å²) in [6, 6.07) is 14.7. The van der Waals surface area contributed by atoms with Crippen LogP contribution >= 0.6 is 0 Å². The number of nitrogens with one attached hydrogen (secondary N) is 1. The number of aromatic amines is 1. The molecule has 1 aliphatic heterocycles. The maximum atomic E-state index is 13.6. The zero-order chi connectivity index (χ0) is 30.0. The third-order valence-electron chi connectivity index (χ3n) is 7.53. The number of Topliss-reactive ketones (excluding diaryl/α,β-unsaturated/α-hetero) is 1. The second-order valence-electron chi connectivity index (χ2n) is 9.65. The average molecular weight is 573 g/mol. The molecule has 10 heteroatoms. The standard InChI is InChI=1S/C32H32N2O8/c1-38-20-7-9-24-22(15-20)19(17-33-24)12-13-34-29(23-16-21(39-2)8-11-25(23)40-3)28(31(36)32(34)37)30(35)18-6-10-26(41-4)27(14-18)42-5/h6-11,14-17,29,33,35H,12-13H2,1-5H3/b30-28-. The first kappa shape index (κ1) is 28.4. The number of methoxy groups -OCH3 is 5. The van der Waals surface area contributed by atoms with Crippen LogP contribution in [0.15, 0.2) is 66.4 Å². The molecule has 1 atom stereocenters. The van der Waals surface area contributed by atoms with Gasteiger partial charge in [-0.2, -0.15) is 0 Å². The maximum Gasteiger partial charge on any atom is 0.295 e. The molecule has 3 aromatic carbocycles. The van der Waals surface area contributed by atoms with Gasteiger partial charge in [-0.05, 0) is 66.6 Å². The Hall–Kier alpha value is -5.12. The van der Waals surface area contributed by atoms with Crippen LogP contribution in [0, 0.1) is 0 Å². The number of ketones is 1. The molecule has 1 aliphatic rings. The van der Waals surface area contributed by atoms with Crippen molar-refractivity contribution in [3.63, 3.8) is 0 Å². The number of hydrogen-bond acceptors (Lipinski definition) is 8. The molecule has 10 nitrogen and oxygen atoms in total. The van der Waals surface area contributed by atoms with Gasteiger partial charge in [0.2, 0.25) is 0 Å². The highest BCUT2D eigenvalue weighted by Crippen LogP contribution is 2.44. The number of ether oxygens (including phenoxy) is 5. The highest BCUT2D eigenvalue weighted by atomic mass is 16.5. The SMILES string of the molecule is COc1ccc(OC)c(C2/C(=C(/O)c3ccc(OC)c(OC)c3)C(=O)C(=O)N2CCc2c[nH]c3ccc(OC)cc23)c1. The van der Waals surface area contributed by atoms with E-state index in [2.05, 4.69) is 4.98 Å². The van der Waals surface area contributed by atoms with E-state index in [9.17, 15) is 14.7 Å². The summed E-state index contributed by atoms with van der Waals surface area (Å²) in [4.78, 5) is 32.0. The number of fused-ring (bicyclic) bond motifs is 1. The summed E-state index contributed by atoms with van der Waals surface area (Å²) in [5, 5.41) is 12.5. The Bertz CT molecular complexity index is 1690. The molecule has 42 heavy (non-hydrogen) atoms. The van der Waals surface area contributed by atoms with Crippen LogP contribution in [-0.2, 0) is 16.0 Å². The van der Waals surface area contributed by atoms with E-state index in [1.165, 1.54) is 33.3 Å². The normalized spacial score (nSPS) is 16.1. The van der Waals surface area contributed by atoms with Gasteiger partial charge in [-0.3, -0.25) is 9.59 Å². The van der Waals surface area contributed by atoms with E-state index in [-0.39, 0.29) is 17.9 Å². The number of hydrogen-bond donors (Lipinski definition) is 2. The molecule has 1 unspecified atom stereocenters. The summed E-state index contributed by atoms with van der Waals surface area (Å²) >= 11 is 0. The number of aliphatic hydroxyl groups excluding tert-OH is 1. The monoisotopic (exact) mass is 572 g/mol. The first-order valence-corrected chi connectivity index (χ1v) is 13.2. The van der Waals surface area contributed by atoms with E-state index >= 15 is 0 Å². The quantitative estimate of drug-likeness (QED) is 0.157. The summed E-state index contributed by atoms with van der Waals surface area (Å²) in [5.41, 5.74) is 2.59. The van der Waals surface area contributed by atoms with Crippen LogP contribution in [0.2, 0.25) is 0 Å². The number of likely N-dealkylation sites (tertiary alicyclic amines) is 1. The van der Waals surface area contributed by atoms with Crippen LogP contribution in [0.5, 0.6) is 28.7 Å². The molecule has 0 aliphatic carbocycles. The van der Waals surface area contributed by atoms with Gasteiger partial charge in [0.05, 0.1) is 47.2 Å². The number of aliphatic hydroxyl groups is 1. The van der Waals surface area contributed by atoms with E-state index in [0.29, 0.717) is 46.3 Å². The molecule has 2 heterocycles. The van der Waals surface area contributed by atoms with Crippen molar-refractivity contribution in [1.29, 1.82) is 0 Å². The number of amides is 1. The molecule has 2 N–H and O–H groups in total. The first-order valence-electron chi connectivity index (χ1n) is 13.2. The van der Waals surface area contributed by atoms with Crippen molar-refractivity contribution in [2.24, 2.45) is 0 Å². The minimum atomic E-state index is -0.956. The molecule has 0 radical (unpaired) electrons. The number of carbonyl (C=O) groups excluding carboxylic acids is 2. The molecule has 1 fully saturated rings. The van der Waals surface area contributed by atoms with E-state index in [4.69, 9.17) is 23.7 Å². The Labute approximate surface area is 243 Å². The summed E-state index contributed by atoms with van der Waals surface area (Å²) < 4.78 is 27.2. The molecular formula is C32H32N2O8. The van der Waals surface area contributed by atoms with Crippen LogP contribution in [0.1, 0.15) is 22.7 Å². The second kappa shape index (κ2) is 11.8. The van der Waals surface area contributed by atoms with E-state index in [1.807, 2.05) is 24.4 Å². The number of aromatic nitrogens is 1.